The van der Waals surface area contributed by atoms with Crippen molar-refractivity contribution >= 4 is 11.6 Å². The van der Waals surface area contributed by atoms with Gasteiger partial charge in [0.25, 0.3) is 0 Å². The highest BCUT2D eigenvalue weighted by molar-refractivity contribution is 6.32. The fourth-order valence-corrected chi connectivity index (χ4v) is 3.03. The minimum Gasteiger partial charge on any atom is -0.490 e. The van der Waals surface area contributed by atoms with Gasteiger partial charge in [0.05, 0.1) is 11.6 Å². The minimum atomic E-state index is -0.312. The summed E-state index contributed by atoms with van der Waals surface area (Å²) in [7, 11) is 0. The summed E-state index contributed by atoms with van der Waals surface area (Å²) in [5, 5.41) is 3.79. The molecule has 0 aliphatic rings. The van der Waals surface area contributed by atoms with Crippen molar-refractivity contribution in [2.24, 2.45) is 0 Å². The van der Waals surface area contributed by atoms with Crippen molar-refractivity contribution in [2.45, 2.75) is 26.6 Å². The molecule has 2 aromatic carbocycles. The van der Waals surface area contributed by atoms with Gasteiger partial charge in [0.15, 0.2) is 11.5 Å². The van der Waals surface area contributed by atoms with Crippen LogP contribution in [0, 0.1) is 5.82 Å². The van der Waals surface area contributed by atoms with E-state index < -0.39 is 0 Å². The molecule has 1 N–H and O–H groups in total. The van der Waals surface area contributed by atoms with Crippen molar-refractivity contribution in [3.63, 3.8) is 0 Å². The molecule has 3 aromatic rings. The molecule has 0 saturated heterocycles. The van der Waals surface area contributed by atoms with Crippen LogP contribution in [0.25, 0.3) is 0 Å². The smallest absolute Gasteiger partial charge is 0.180 e. The van der Waals surface area contributed by atoms with E-state index in [1.165, 1.54) is 6.07 Å². The fourth-order valence-electron chi connectivity index (χ4n) is 2.75. The first-order chi connectivity index (χ1) is 13.7. The molecule has 0 bridgehead atoms. The number of benzene rings is 2. The lowest BCUT2D eigenvalue weighted by Gasteiger charge is -2.16. The quantitative estimate of drug-likeness (QED) is 0.540. The third kappa shape index (κ3) is 5.44. The number of hydrogen-bond donors (Lipinski definition) is 1. The molecular weight excluding hydrogens is 379 g/mol. The monoisotopic (exact) mass is 400 g/mol. The lowest BCUT2D eigenvalue weighted by atomic mass is 10.2. The number of halogens is 2. The maximum Gasteiger partial charge on any atom is 0.180 e. The standard InChI is InChI=1S/C22H22ClFN2O2/c1-2-27-21-11-17(14-26-13-16-6-5-9-25-12-16)10-19(23)22(21)28-15-18-7-3-4-8-20(18)24/h3-12,26H,2,13-15H2,1H3. The Morgan fingerprint density at radius 1 is 1.04 bits per heavy atom. The van der Waals surface area contributed by atoms with Gasteiger partial charge in [-0.05, 0) is 42.3 Å². The summed E-state index contributed by atoms with van der Waals surface area (Å²) < 4.78 is 25.3. The summed E-state index contributed by atoms with van der Waals surface area (Å²) in [5.41, 5.74) is 2.53. The predicted molar refractivity (Wildman–Crippen MR) is 108 cm³/mol. The van der Waals surface area contributed by atoms with Crippen LogP contribution in [0.15, 0.2) is 60.9 Å². The first-order valence-electron chi connectivity index (χ1n) is 9.08. The van der Waals surface area contributed by atoms with E-state index in [0.717, 1.165) is 11.1 Å². The normalized spacial score (nSPS) is 10.7. The van der Waals surface area contributed by atoms with E-state index in [2.05, 4.69) is 10.3 Å². The summed E-state index contributed by atoms with van der Waals surface area (Å²) in [6.07, 6.45) is 3.57. The van der Waals surface area contributed by atoms with Crippen molar-refractivity contribution in [3.8, 4) is 11.5 Å². The lowest BCUT2D eigenvalue weighted by Crippen LogP contribution is -2.13. The molecule has 0 aliphatic carbocycles. The largest absolute Gasteiger partial charge is 0.490 e. The third-order valence-corrected chi connectivity index (χ3v) is 4.36. The lowest BCUT2D eigenvalue weighted by molar-refractivity contribution is 0.266. The van der Waals surface area contributed by atoms with E-state index in [1.807, 2.05) is 37.4 Å². The first-order valence-corrected chi connectivity index (χ1v) is 9.46. The average Bonchev–Trinajstić information content (AvgIpc) is 2.70. The van der Waals surface area contributed by atoms with E-state index in [-0.39, 0.29) is 12.4 Å². The molecule has 0 amide bonds. The van der Waals surface area contributed by atoms with Gasteiger partial charge in [0.1, 0.15) is 12.4 Å². The van der Waals surface area contributed by atoms with Gasteiger partial charge in [0, 0.05) is 31.0 Å². The van der Waals surface area contributed by atoms with Crippen molar-refractivity contribution in [1.82, 2.24) is 10.3 Å². The number of hydrogen-bond acceptors (Lipinski definition) is 4. The van der Waals surface area contributed by atoms with Crippen LogP contribution in [-0.4, -0.2) is 11.6 Å². The van der Waals surface area contributed by atoms with Crippen LogP contribution < -0.4 is 14.8 Å². The SMILES string of the molecule is CCOc1cc(CNCc2cccnc2)cc(Cl)c1OCc1ccccc1F. The molecule has 3 rings (SSSR count). The predicted octanol–water partition coefficient (Wildman–Crippen LogP) is 5.14. The van der Waals surface area contributed by atoms with Crippen LogP contribution in [0.5, 0.6) is 11.5 Å². The number of aromatic nitrogens is 1. The number of nitrogens with zero attached hydrogens (tertiary/aromatic N) is 1. The molecule has 0 unspecified atom stereocenters. The van der Waals surface area contributed by atoms with E-state index in [1.54, 1.807) is 24.4 Å². The zero-order chi connectivity index (χ0) is 19.8. The van der Waals surface area contributed by atoms with E-state index in [0.29, 0.717) is 41.8 Å². The van der Waals surface area contributed by atoms with Crippen LogP contribution in [0.1, 0.15) is 23.6 Å². The molecule has 6 heteroatoms. The van der Waals surface area contributed by atoms with E-state index >= 15 is 0 Å². The van der Waals surface area contributed by atoms with Crippen molar-refractivity contribution in [1.29, 1.82) is 0 Å². The Kier molecular flexibility index (Phi) is 7.23. The van der Waals surface area contributed by atoms with Crippen LogP contribution in [-0.2, 0) is 19.7 Å². The number of pyridine rings is 1. The Morgan fingerprint density at radius 3 is 2.61 bits per heavy atom. The molecule has 0 atom stereocenters. The number of rotatable bonds is 9. The van der Waals surface area contributed by atoms with Crippen molar-refractivity contribution in [2.75, 3.05) is 6.61 Å². The van der Waals surface area contributed by atoms with Crippen molar-refractivity contribution < 1.29 is 13.9 Å². The van der Waals surface area contributed by atoms with Gasteiger partial charge in [0.2, 0.25) is 0 Å². The van der Waals surface area contributed by atoms with E-state index in [9.17, 15) is 4.39 Å². The van der Waals surface area contributed by atoms with Crippen molar-refractivity contribution in [3.05, 3.63) is 88.5 Å². The number of ether oxygens (including phenoxy) is 2. The molecule has 1 heterocycles. The summed E-state index contributed by atoms with van der Waals surface area (Å²) in [6, 6.07) is 14.1. The van der Waals surface area contributed by atoms with Gasteiger partial charge in [-0.15, -0.1) is 0 Å². The van der Waals surface area contributed by atoms with Crippen LogP contribution >= 0.6 is 11.6 Å². The highest BCUT2D eigenvalue weighted by Crippen LogP contribution is 2.37. The molecule has 146 valence electrons. The summed E-state index contributed by atoms with van der Waals surface area (Å²) in [4.78, 5) is 4.10. The maximum absolute atomic E-state index is 13.8. The average molecular weight is 401 g/mol. The third-order valence-electron chi connectivity index (χ3n) is 4.08. The highest BCUT2D eigenvalue weighted by Gasteiger charge is 2.14. The zero-order valence-corrected chi connectivity index (χ0v) is 16.4. The molecule has 4 nitrogen and oxygen atoms in total. The summed E-state index contributed by atoms with van der Waals surface area (Å²) >= 11 is 6.44. The molecule has 1 aromatic heterocycles. The van der Waals surface area contributed by atoms with Gasteiger partial charge in [-0.3, -0.25) is 4.98 Å². The topological polar surface area (TPSA) is 43.4 Å². The second-order valence-electron chi connectivity index (χ2n) is 6.18. The maximum atomic E-state index is 13.8. The zero-order valence-electron chi connectivity index (χ0n) is 15.6. The van der Waals surface area contributed by atoms with Crippen LogP contribution in [0.2, 0.25) is 5.02 Å². The Bertz CT molecular complexity index is 906. The van der Waals surface area contributed by atoms with Crippen LogP contribution in [0.4, 0.5) is 4.39 Å². The Morgan fingerprint density at radius 2 is 1.86 bits per heavy atom. The van der Waals surface area contributed by atoms with Gasteiger partial charge in [-0.25, -0.2) is 4.39 Å². The Labute approximate surface area is 169 Å². The van der Waals surface area contributed by atoms with Crippen LogP contribution in [0.3, 0.4) is 0 Å². The molecule has 0 aliphatic heterocycles. The molecule has 28 heavy (non-hydrogen) atoms. The first kappa shape index (κ1) is 20.1. The Hall–Kier alpha value is -2.63. The molecule has 0 radical (unpaired) electrons. The highest BCUT2D eigenvalue weighted by atomic mass is 35.5. The van der Waals surface area contributed by atoms with Gasteiger partial charge < -0.3 is 14.8 Å². The second-order valence-corrected chi connectivity index (χ2v) is 6.59. The molecule has 0 fully saturated rings. The van der Waals surface area contributed by atoms with Gasteiger partial charge in [-0.1, -0.05) is 35.9 Å². The van der Waals surface area contributed by atoms with Gasteiger partial charge >= 0.3 is 0 Å². The molecule has 0 saturated carbocycles. The molecular formula is C22H22ClFN2O2. The van der Waals surface area contributed by atoms with E-state index in [4.69, 9.17) is 21.1 Å². The summed E-state index contributed by atoms with van der Waals surface area (Å²) in [6.45, 7) is 3.75. The summed E-state index contributed by atoms with van der Waals surface area (Å²) in [5.74, 6) is 0.653. The minimum absolute atomic E-state index is 0.0745. The van der Waals surface area contributed by atoms with Gasteiger partial charge in [-0.2, -0.15) is 0 Å². The Balaban J connectivity index is 1.69. The molecule has 0 spiro atoms. The second kappa shape index (κ2) is 10.1. The number of nitrogens with one attached hydrogen (secondary N) is 1. The fraction of sp³-hybridized carbons (Fsp3) is 0.227.